The molecular weight excluding hydrogens is 238 g/mol. The van der Waals surface area contributed by atoms with E-state index < -0.39 is 4.92 Å². The lowest BCUT2D eigenvalue weighted by atomic mass is 10.2. The Morgan fingerprint density at radius 1 is 1.35 bits per heavy atom. The highest BCUT2D eigenvalue weighted by Crippen LogP contribution is 2.36. The van der Waals surface area contributed by atoms with Gasteiger partial charge in [-0.3, -0.25) is 14.9 Å². The molecule has 0 atom stereocenters. The van der Waals surface area contributed by atoms with Gasteiger partial charge in [0.25, 0.3) is 5.69 Å². The first kappa shape index (κ1) is 12.1. The van der Waals surface area contributed by atoms with Crippen molar-refractivity contribution in [3.8, 4) is 0 Å². The summed E-state index contributed by atoms with van der Waals surface area (Å²) in [5.41, 5.74) is 0.402. The van der Waals surface area contributed by atoms with Gasteiger partial charge in [-0.2, -0.15) is 0 Å². The minimum Gasteiger partial charge on any atom is -0.298 e. The summed E-state index contributed by atoms with van der Waals surface area (Å²) in [6.45, 7) is 0. The summed E-state index contributed by atoms with van der Waals surface area (Å²) in [7, 11) is 0. The van der Waals surface area contributed by atoms with Crippen LogP contribution in [0.15, 0.2) is 23.1 Å². The summed E-state index contributed by atoms with van der Waals surface area (Å²) in [5, 5.41) is 11.2. The summed E-state index contributed by atoms with van der Waals surface area (Å²) < 4.78 is 0. The molecule has 0 amide bonds. The van der Waals surface area contributed by atoms with Crippen LogP contribution in [0.3, 0.4) is 0 Å². The summed E-state index contributed by atoms with van der Waals surface area (Å²) in [5.74, 6) is 0. The molecule has 0 N–H and O–H groups in total. The Labute approximate surface area is 104 Å². The molecule has 0 unspecified atom stereocenters. The normalized spacial score (nSPS) is 16.0. The van der Waals surface area contributed by atoms with Crippen molar-refractivity contribution in [3.63, 3.8) is 0 Å². The standard InChI is InChI=1S/C12H13NO3S/c14-8-9-7-10(13(15)16)5-6-12(9)17-11-3-1-2-4-11/h5-8,11H,1-4H2. The van der Waals surface area contributed by atoms with E-state index in [0.717, 1.165) is 4.90 Å². The van der Waals surface area contributed by atoms with Crippen LogP contribution in [-0.4, -0.2) is 16.5 Å². The van der Waals surface area contributed by atoms with E-state index in [1.807, 2.05) is 0 Å². The van der Waals surface area contributed by atoms with Crippen molar-refractivity contribution in [3.05, 3.63) is 33.9 Å². The first-order chi connectivity index (χ1) is 8.20. The number of nitrogens with zero attached hydrogens (tertiary/aromatic N) is 1. The van der Waals surface area contributed by atoms with Gasteiger partial charge in [0.15, 0.2) is 6.29 Å². The fourth-order valence-corrected chi connectivity index (χ4v) is 3.35. The van der Waals surface area contributed by atoms with Crippen LogP contribution >= 0.6 is 11.8 Å². The second kappa shape index (κ2) is 5.31. The Hall–Kier alpha value is -1.36. The lowest BCUT2D eigenvalue weighted by molar-refractivity contribution is -0.384. The van der Waals surface area contributed by atoms with E-state index in [4.69, 9.17) is 0 Å². The number of carbonyl (C=O) groups excluding carboxylic acids is 1. The van der Waals surface area contributed by atoms with E-state index in [2.05, 4.69) is 0 Å². The van der Waals surface area contributed by atoms with Crippen molar-refractivity contribution < 1.29 is 9.72 Å². The maximum absolute atomic E-state index is 10.9. The molecule has 90 valence electrons. The lowest BCUT2D eigenvalue weighted by Gasteiger charge is -2.10. The van der Waals surface area contributed by atoms with Crippen molar-refractivity contribution in [2.75, 3.05) is 0 Å². The molecule has 1 fully saturated rings. The largest absolute Gasteiger partial charge is 0.298 e. The fourth-order valence-electron chi connectivity index (χ4n) is 2.03. The van der Waals surface area contributed by atoms with Crippen LogP contribution in [0, 0.1) is 10.1 Å². The molecule has 2 rings (SSSR count). The van der Waals surface area contributed by atoms with Gasteiger partial charge < -0.3 is 0 Å². The summed E-state index contributed by atoms with van der Waals surface area (Å²) in [6, 6.07) is 4.50. The summed E-state index contributed by atoms with van der Waals surface area (Å²) in [6.07, 6.45) is 5.51. The first-order valence-corrected chi connectivity index (χ1v) is 6.49. The third kappa shape index (κ3) is 2.85. The smallest absolute Gasteiger partial charge is 0.270 e. The minimum atomic E-state index is -0.475. The Kier molecular flexibility index (Phi) is 3.78. The molecule has 0 spiro atoms. The van der Waals surface area contributed by atoms with Crippen molar-refractivity contribution in [2.45, 2.75) is 35.8 Å². The average molecular weight is 251 g/mol. The van der Waals surface area contributed by atoms with Crippen molar-refractivity contribution in [1.82, 2.24) is 0 Å². The number of nitro benzene ring substituents is 1. The summed E-state index contributed by atoms with van der Waals surface area (Å²) in [4.78, 5) is 21.9. The van der Waals surface area contributed by atoms with Gasteiger partial charge in [-0.1, -0.05) is 12.8 Å². The van der Waals surface area contributed by atoms with Gasteiger partial charge in [0.2, 0.25) is 0 Å². The Morgan fingerprint density at radius 2 is 2.06 bits per heavy atom. The molecule has 0 aromatic heterocycles. The van der Waals surface area contributed by atoms with Gasteiger partial charge in [-0.25, -0.2) is 0 Å². The SMILES string of the molecule is O=Cc1cc([N+](=O)[O-])ccc1SC1CCCC1. The molecule has 0 aliphatic heterocycles. The van der Waals surface area contributed by atoms with Crippen LogP contribution in [0.1, 0.15) is 36.0 Å². The Morgan fingerprint density at radius 3 is 2.65 bits per heavy atom. The minimum absolute atomic E-state index is 0.0251. The van der Waals surface area contributed by atoms with E-state index in [1.165, 1.54) is 37.8 Å². The van der Waals surface area contributed by atoms with E-state index in [0.29, 0.717) is 17.1 Å². The highest BCUT2D eigenvalue weighted by molar-refractivity contribution is 8.00. The lowest BCUT2D eigenvalue weighted by Crippen LogP contribution is -1.97. The molecule has 0 heterocycles. The number of hydrogen-bond donors (Lipinski definition) is 0. The van der Waals surface area contributed by atoms with Gasteiger partial charge in [-0.05, 0) is 18.9 Å². The third-order valence-corrected chi connectivity index (χ3v) is 4.36. The molecule has 0 saturated heterocycles. The number of aldehydes is 1. The number of nitro groups is 1. The van der Waals surface area contributed by atoms with Gasteiger partial charge >= 0.3 is 0 Å². The van der Waals surface area contributed by atoms with Crippen LogP contribution in [0.2, 0.25) is 0 Å². The number of non-ortho nitro benzene ring substituents is 1. The number of hydrogen-bond acceptors (Lipinski definition) is 4. The maximum atomic E-state index is 10.9. The molecule has 1 aromatic rings. The first-order valence-electron chi connectivity index (χ1n) is 5.61. The molecule has 4 nitrogen and oxygen atoms in total. The number of benzene rings is 1. The molecule has 1 saturated carbocycles. The molecule has 17 heavy (non-hydrogen) atoms. The van der Waals surface area contributed by atoms with Crippen molar-refractivity contribution in [1.29, 1.82) is 0 Å². The summed E-state index contributed by atoms with van der Waals surface area (Å²) >= 11 is 1.67. The third-order valence-electron chi connectivity index (χ3n) is 2.93. The predicted octanol–water partition coefficient (Wildman–Crippen LogP) is 3.44. The Bertz CT molecular complexity index is 441. The number of rotatable bonds is 4. The molecule has 1 aliphatic carbocycles. The second-order valence-corrected chi connectivity index (χ2v) is 5.46. The van der Waals surface area contributed by atoms with Gasteiger partial charge in [0.1, 0.15) is 0 Å². The van der Waals surface area contributed by atoms with Crippen LogP contribution in [0.5, 0.6) is 0 Å². The van der Waals surface area contributed by atoms with E-state index >= 15 is 0 Å². The molecule has 5 heteroatoms. The molecule has 1 aromatic carbocycles. The highest BCUT2D eigenvalue weighted by Gasteiger charge is 2.18. The second-order valence-electron chi connectivity index (χ2n) is 4.12. The molecule has 0 bridgehead atoms. The average Bonchev–Trinajstić information content (AvgIpc) is 2.82. The van der Waals surface area contributed by atoms with Crippen molar-refractivity contribution in [2.24, 2.45) is 0 Å². The zero-order chi connectivity index (χ0) is 12.3. The number of carbonyl (C=O) groups is 1. The monoisotopic (exact) mass is 251 g/mol. The molecule has 1 aliphatic rings. The number of thioether (sulfide) groups is 1. The zero-order valence-electron chi connectivity index (χ0n) is 9.30. The van der Waals surface area contributed by atoms with Crippen molar-refractivity contribution >= 4 is 23.7 Å². The van der Waals surface area contributed by atoms with E-state index in [1.54, 1.807) is 17.8 Å². The van der Waals surface area contributed by atoms with Crippen LogP contribution in [0.4, 0.5) is 5.69 Å². The fraction of sp³-hybridized carbons (Fsp3) is 0.417. The quantitative estimate of drug-likeness (QED) is 0.467. The predicted molar refractivity (Wildman–Crippen MR) is 66.6 cm³/mol. The zero-order valence-corrected chi connectivity index (χ0v) is 10.1. The van der Waals surface area contributed by atoms with Crippen LogP contribution in [0.25, 0.3) is 0 Å². The van der Waals surface area contributed by atoms with E-state index in [-0.39, 0.29) is 5.69 Å². The topological polar surface area (TPSA) is 60.2 Å². The van der Waals surface area contributed by atoms with Gasteiger partial charge in [0.05, 0.1) is 4.92 Å². The van der Waals surface area contributed by atoms with Gasteiger partial charge in [0, 0.05) is 27.8 Å². The molecular formula is C12H13NO3S. The maximum Gasteiger partial charge on any atom is 0.270 e. The highest BCUT2D eigenvalue weighted by atomic mass is 32.2. The van der Waals surface area contributed by atoms with Crippen LogP contribution < -0.4 is 0 Å². The molecule has 0 radical (unpaired) electrons. The van der Waals surface area contributed by atoms with E-state index in [9.17, 15) is 14.9 Å². The van der Waals surface area contributed by atoms with Crippen LogP contribution in [-0.2, 0) is 0 Å². The van der Waals surface area contributed by atoms with Gasteiger partial charge in [-0.15, -0.1) is 11.8 Å². The Balaban J connectivity index is 2.21.